The number of rotatable bonds is 0. The van der Waals surface area contributed by atoms with Gasteiger partial charge in [0, 0.05) is 24.8 Å². The highest BCUT2D eigenvalue weighted by Gasteiger charge is 2.11. The summed E-state index contributed by atoms with van der Waals surface area (Å²) in [5.41, 5.74) is 0.955. The summed E-state index contributed by atoms with van der Waals surface area (Å²) in [6.07, 6.45) is 1.66. The average molecular weight is 185 g/mol. The van der Waals surface area contributed by atoms with Crippen molar-refractivity contribution < 1.29 is 4.74 Å². The minimum absolute atomic E-state index is 0.530. The van der Waals surface area contributed by atoms with E-state index in [0.717, 1.165) is 24.4 Å². The van der Waals surface area contributed by atoms with Crippen molar-refractivity contribution in [3.63, 3.8) is 0 Å². The molecule has 1 aliphatic heterocycles. The summed E-state index contributed by atoms with van der Waals surface area (Å²) in [5.74, 6) is 0.847. The third-order valence-corrected chi connectivity index (χ3v) is 2.12. The highest BCUT2D eigenvalue weighted by molar-refractivity contribution is 6.30. The summed E-state index contributed by atoms with van der Waals surface area (Å²) >= 11 is 5.88. The van der Waals surface area contributed by atoms with E-state index in [1.54, 1.807) is 6.20 Å². The normalized spacial score (nSPS) is 16.1. The molecule has 64 valence electrons. The van der Waals surface area contributed by atoms with Crippen LogP contribution in [0.4, 0.5) is 0 Å². The van der Waals surface area contributed by atoms with Gasteiger partial charge in [0.15, 0.2) is 0 Å². The smallest absolute Gasteiger partial charge is 0.137 e. The molecule has 1 aromatic rings. The van der Waals surface area contributed by atoms with E-state index in [1.807, 2.05) is 6.07 Å². The standard InChI is InChI=1S/C8H9ClN2O/c9-8-6-5-10-3-4-12-7(6)1-2-11-8/h1-2,10H,3-5H2. The lowest BCUT2D eigenvalue weighted by Crippen LogP contribution is -2.16. The molecule has 0 aromatic carbocycles. The van der Waals surface area contributed by atoms with Crippen LogP contribution < -0.4 is 10.1 Å². The predicted octanol–water partition coefficient (Wildman–Crippen LogP) is 1.22. The number of hydrogen-bond donors (Lipinski definition) is 1. The second-order valence-electron chi connectivity index (χ2n) is 2.60. The molecule has 0 radical (unpaired) electrons. The third kappa shape index (κ3) is 1.38. The van der Waals surface area contributed by atoms with Crippen molar-refractivity contribution in [2.75, 3.05) is 13.2 Å². The second-order valence-corrected chi connectivity index (χ2v) is 2.96. The van der Waals surface area contributed by atoms with Crippen molar-refractivity contribution in [2.24, 2.45) is 0 Å². The van der Waals surface area contributed by atoms with Crippen molar-refractivity contribution in [1.82, 2.24) is 10.3 Å². The van der Waals surface area contributed by atoms with Crippen LogP contribution in [-0.4, -0.2) is 18.1 Å². The summed E-state index contributed by atoms with van der Waals surface area (Å²) in [6, 6.07) is 1.84. The van der Waals surface area contributed by atoms with Gasteiger partial charge in [-0.25, -0.2) is 4.98 Å². The maximum Gasteiger partial charge on any atom is 0.137 e. The average Bonchev–Trinajstić information content (AvgIpc) is 2.30. The molecule has 12 heavy (non-hydrogen) atoms. The lowest BCUT2D eigenvalue weighted by atomic mass is 10.2. The van der Waals surface area contributed by atoms with Gasteiger partial charge in [-0.1, -0.05) is 11.6 Å². The van der Waals surface area contributed by atoms with Crippen molar-refractivity contribution in [3.05, 3.63) is 23.0 Å². The van der Waals surface area contributed by atoms with Crippen LogP contribution in [0, 0.1) is 0 Å². The van der Waals surface area contributed by atoms with Gasteiger partial charge in [-0.2, -0.15) is 0 Å². The molecule has 0 fully saturated rings. The molecular formula is C8H9ClN2O. The Balaban J connectivity index is 2.42. The summed E-state index contributed by atoms with van der Waals surface area (Å²) in [7, 11) is 0. The van der Waals surface area contributed by atoms with Gasteiger partial charge in [-0.15, -0.1) is 0 Å². The first-order valence-corrected chi connectivity index (χ1v) is 4.22. The lowest BCUT2D eigenvalue weighted by Gasteiger charge is -2.05. The Hall–Kier alpha value is -0.800. The lowest BCUT2D eigenvalue weighted by molar-refractivity contribution is 0.325. The van der Waals surface area contributed by atoms with Gasteiger partial charge in [0.25, 0.3) is 0 Å². The minimum atomic E-state index is 0.530. The first-order valence-electron chi connectivity index (χ1n) is 3.85. The largest absolute Gasteiger partial charge is 0.492 e. The number of nitrogens with zero attached hydrogens (tertiary/aromatic N) is 1. The summed E-state index contributed by atoms with van der Waals surface area (Å²) in [4.78, 5) is 3.98. The Morgan fingerprint density at radius 1 is 1.58 bits per heavy atom. The number of ether oxygens (including phenoxy) is 1. The van der Waals surface area contributed by atoms with E-state index in [9.17, 15) is 0 Å². The molecule has 4 heteroatoms. The van der Waals surface area contributed by atoms with Crippen molar-refractivity contribution in [3.8, 4) is 5.75 Å². The zero-order valence-corrected chi connectivity index (χ0v) is 7.27. The zero-order valence-electron chi connectivity index (χ0n) is 6.51. The SMILES string of the molecule is Clc1nccc2c1CNCCO2. The summed E-state index contributed by atoms with van der Waals surface area (Å²) in [6.45, 7) is 2.28. The fourth-order valence-electron chi connectivity index (χ4n) is 1.19. The number of aromatic nitrogens is 1. The number of halogens is 1. The van der Waals surface area contributed by atoms with Crippen LogP contribution in [0.3, 0.4) is 0 Å². The van der Waals surface area contributed by atoms with Crippen LogP contribution in [0.2, 0.25) is 5.15 Å². The molecule has 2 heterocycles. The van der Waals surface area contributed by atoms with Crippen LogP contribution in [0.1, 0.15) is 5.56 Å². The highest BCUT2D eigenvalue weighted by Crippen LogP contribution is 2.24. The Kier molecular flexibility index (Phi) is 2.15. The number of pyridine rings is 1. The van der Waals surface area contributed by atoms with E-state index in [2.05, 4.69) is 10.3 Å². The molecule has 0 atom stereocenters. The molecular weight excluding hydrogens is 176 g/mol. The van der Waals surface area contributed by atoms with Gasteiger partial charge in [-0.3, -0.25) is 0 Å². The van der Waals surface area contributed by atoms with E-state index in [1.165, 1.54) is 0 Å². The molecule has 3 nitrogen and oxygen atoms in total. The monoisotopic (exact) mass is 184 g/mol. The first kappa shape index (κ1) is 7.83. The maximum absolute atomic E-state index is 5.88. The first-order chi connectivity index (χ1) is 5.88. The number of hydrogen-bond acceptors (Lipinski definition) is 3. The van der Waals surface area contributed by atoms with Crippen LogP contribution in [0.15, 0.2) is 12.3 Å². The van der Waals surface area contributed by atoms with Gasteiger partial charge >= 0.3 is 0 Å². The van der Waals surface area contributed by atoms with Gasteiger partial charge in [0.1, 0.15) is 17.5 Å². The number of nitrogens with one attached hydrogen (secondary N) is 1. The molecule has 0 amide bonds. The Morgan fingerprint density at radius 2 is 2.50 bits per heavy atom. The Bertz CT molecular complexity index is 290. The highest BCUT2D eigenvalue weighted by atomic mass is 35.5. The Labute approximate surface area is 75.7 Å². The van der Waals surface area contributed by atoms with E-state index >= 15 is 0 Å². The minimum Gasteiger partial charge on any atom is -0.492 e. The topological polar surface area (TPSA) is 34.2 Å². The molecule has 0 aliphatic carbocycles. The fraction of sp³-hybridized carbons (Fsp3) is 0.375. The van der Waals surface area contributed by atoms with Crippen LogP contribution in [0.25, 0.3) is 0 Å². The van der Waals surface area contributed by atoms with Crippen molar-refractivity contribution >= 4 is 11.6 Å². The molecule has 1 aliphatic rings. The van der Waals surface area contributed by atoms with Crippen molar-refractivity contribution in [2.45, 2.75) is 6.54 Å². The zero-order chi connectivity index (χ0) is 8.39. The van der Waals surface area contributed by atoms with E-state index in [0.29, 0.717) is 11.8 Å². The van der Waals surface area contributed by atoms with E-state index in [-0.39, 0.29) is 0 Å². The number of fused-ring (bicyclic) bond motifs is 1. The van der Waals surface area contributed by atoms with Crippen LogP contribution in [-0.2, 0) is 6.54 Å². The molecule has 1 N–H and O–H groups in total. The third-order valence-electron chi connectivity index (χ3n) is 1.80. The summed E-state index contributed by atoms with van der Waals surface area (Å²) in [5, 5.41) is 3.72. The Morgan fingerprint density at radius 3 is 3.42 bits per heavy atom. The molecule has 2 rings (SSSR count). The molecule has 0 bridgehead atoms. The van der Waals surface area contributed by atoms with Crippen LogP contribution in [0.5, 0.6) is 5.75 Å². The molecule has 0 unspecified atom stereocenters. The molecule has 0 saturated heterocycles. The van der Waals surface area contributed by atoms with Gasteiger partial charge < -0.3 is 10.1 Å². The van der Waals surface area contributed by atoms with Crippen LogP contribution >= 0.6 is 11.6 Å². The molecule has 0 saturated carbocycles. The quantitative estimate of drug-likeness (QED) is 0.616. The predicted molar refractivity (Wildman–Crippen MR) is 46.4 cm³/mol. The maximum atomic E-state index is 5.88. The molecule has 1 aromatic heterocycles. The van der Waals surface area contributed by atoms with E-state index in [4.69, 9.17) is 16.3 Å². The fourth-order valence-corrected chi connectivity index (χ4v) is 1.41. The summed E-state index contributed by atoms with van der Waals surface area (Å²) < 4.78 is 5.44. The second kappa shape index (κ2) is 3.29. The van der Waals surface area contributed by atoms with E-state index < -0.39 is 0 Å². The van der Waals surface area contributed by atoms with Gasteiger partial charge in [-0.05, 0) is 6.07 Å². The van der Waals surface area contributed by atoms with Crippen molar-refractivity contribution in [1.29, 1.82) is 0 Å². The van der Waals surface area contributed by atoms with Gasteiger partial charge in [0.2, 0.25) is 0 Å². The van der Waals surface area contributed by atoms with Gasteiger partial charge in [0.05, 0.1) is 0 Å². The molecule has 0 spiro atoms.